The zero-order valence-electron chi connectivity index (χ0n) is 18.6. The van der Waals surface area contributed by atoms with Crippen molar-refractivity contribution in [2.24, 2.45) is 0 Å². The molecule has 3 aromatic rings. The number of hydrogen-bond acceptors (Lipinski definition) is 7. The first kappa shape index (κ1) is 23.5. The number of rotatable bonds is 6. The van der Waals surface area contributed by atoms with Gasteiger partial charge in [-0.3, -0.25) is 14.5 Å². The van der Waals surface area contributed by atoms with Gasteiger partial charge in [0.1, 0.15) is 17.3 Å². The second-order valence-electron chi connectivity index (χ2n) is 7.85. The molecule has 12 heteroatoms. The molecule has 9 nitrogen and oxygen atoms in total. The van der Waals surface area contributed by atoms with E-state index in [-0.39, 0.29) is 40.8 Å². The summed E-state index contributed by atoms with van der Waals surface area (Å²) >= 11 is 0. The van der Waals surface area contributed by atoms with E-state index in [0.717, 1.165) is 6.07 Å². The molecule has 0 spiro atoms. The molecule has 4 rings (SSSR count). The highest BCUT2D eigenvalue weighted by molar-refractivity contribution is 5.98. The first-order valence-corrected chi connectivity index (χ1v) is 10.6. The Morgan fingerprint density at radius 3 is 2.62 bits per heavy atom. The number of nitrogens with one attached hydrogen (secondary N) is 2. The molecule has 3 heterocycles. The quantitative estimate of drug-likeness (QED) is 0.525. The monoisotopic (exact) mass is 476 g/mol. The lowest BCUT2D eigenvalue weighted by Crippen LogP contribution is -2.47. The van der Waals surface area contributed by atoms with E-state index in [4.69, 9.17) is 4.74 Å². The lowest BCUT2D eigenvalue weighted by molar-refractivity contribution is -0.0507. The van der Waals surface area contributed by atoms with Crippen molar-refractivity contribution in [2.45, 2.75) is 20.1 Å². The highest BCUT2D eigenvalue weighted by Gasteiger charge is 2.24. The van der Waals surface area contributed by atoms with Crippen molar-refractivity contribution in [3.63, 3.8) is 0 Å². The Hall–Kier alpha value is -3.67. The van der Waals surface area contributed by atoms with E-state index in [1.807, 2.05) is 9.80 Å². The van der Waals surface area contributed by atoms with Crippen molar-refractivity contribution in [1.82, 2.24) is 25.2 Å². The van der Waals surface area contributed by atoms with Crippen LogP contribution < -0.4 is 20.5 Å². The van der Waals surface area contributed by atoms with Gasteiger partial charge < -0.3 is 19.9 Å². The normalized spacial score (nSPS) is 14.6. The van der Waals surface area contributed by atoms with Gasteiger partial charge in [0, 0.05) is 51.4 Å². The fourth-order valence-electron chi connectivity index (χ4n) is 3.92. The molecule has 1 aliphatic rings. The van der Waals surface area contributed by atoms with Crippen LogP contribution in [-0.4, -0.2) is 65.6 Å². The van der Waals surface area contributed by atoms with Crippen LogP contribution in [0.5, 0.6) is 5.75 Å². The predicted octanol–water partition coefficient (Wildman–Crippen LogP) is 2.05. The van der Waals surface area contributed by atoms with Crippen molar-refractivity contribution in [3.05, 3.63) is 57.4 Å². The minimum atomic E-state index is -3.01. The van der Waals surface area contributed by atoms with E-state index >= 15 is 0 Å². The summed E-state index contributed by atoms with van der Waals surface area (Å²) in [5.74, 6) is -0.816. The number of ether oxygens (including phenoxy) is 1. The topological polar surface area (TPSA) is 103 Å². The lowest BCUT2D eigenvalue weighted by Gasteiger charge is -2.36. The summed E-state index contributed by atoms with van der Waals surface area (Å²) in [4.78, 5) is 38.7. The van der Waals surface area contributed by atoms with Gasteiger partial charge >= 0.3 is 6.61 Å². The Labute approximate surface area is 192 Å². The fraction of sp³-hybridized carbons (Fsp3) is 0.364. The molecule has 0 saturated carbocycles. The number of carbonyl (C=O) groups is 1. The van der Waals surface area contributed by atoms with E-state index in [9.17, 15) is 22.8 Å². The van der Waals surface area contributed by atoms with Crippen LogP contribution in [0.15, 0.2) is 29.1 Å². The molecule has 34 heavy (non-hydrogen) atoms. The average molecular weight is 476 g/mol. The van der Waals surface area contributed by atoms with Crippen LogP contribution in [0.4, 0.5) is 19.0 Å². The predicted molar refractivity (Wildman–Crippen MR) is 119 cm³/mol. The third-order valence-electron chi connectivity index (χ3n) is 5.64. The zero-order chi connectivity index (χ0) is 24.4. The molecule has 0 aliphatic carbocycles. The van der Waals surface area contributed by atoms with Gasteiger partial charge in [0.2, 0.25) is 5.95 Å². The average Bonchev–Trinajstić information content (AvgIpc) is 2.80. The number of aryl methyl sites for hydroxylation is 1. The second kappa shape index (κ2) is 9.67. The summed E-state index contributed by atoms with van der Waals surface area (Å²) in [6.45, 7) is 0.676. The van der Waals surface area contributed by atoms with Crippen LogP contribution in [0.3, 0.4) is 0 Å². The molecule has 1 saturated heterocycles. The van der Waals surface area contributed by atoms with Gasteiger partial charge in [0.25, 0.3) is 11.5 Å². The van der Waals surface area contributed by atoms with E-state index in [1.165, 1.54) is 26.1 Å². The Morgan fingerprint density at radius 2 is 1.94 bits per heavy atom. The van der Waals surface area contributed by atoms with Gasteiger partial charge in [-0.05, 0) is 25.1 Å². The first-order chi connectivity index (χ1) is 16.2. The lowest BCUT2D eigenvalue weighted by atomic mass is 10.1. The summed E-state index contributed by atoms with van der Waals surface area (Å²) in [7, 11) is 1.49. The maximum absolute atomic E-state index is 13.8. The number of amides is 1. The molecule has 2 aromatic heterocycles. The summed E-state index contributed by atoms with van der Waals surface area (Å²) in [6.07, 6.45) is 0. The molecule has 1 aliphatic heterocycles. The molecule has 180 valence electrons. The largest absolute Gasteiger partial charge is 0.434 e. The second-order valence-corrected chi connectivity index (χ2v) is 7.85. The van der Waals surface area contributed by atoms with Crippen LogP contribution in [-0.2, 0) is 6.54 Å². The summed E-state index contributed by atoms with van der Waals surface area (Å²) < 4.78 is 44.6. The summed E-state index contributed by atoms with van der Waals surface area (Å²) in [5.41, 5.74) is 1.37. The zero-order valence-corrected chi connectivity index (χ0v) is 18.6. The third-order valence-corrected chi connectivity index (χ3v) is 5.64. The smallest absolute Gasteiger partial charge is 0.387 e. The maximum Gasteiger partial charge on any atom is 0.387 e. The number of aromatic nitrogens is 3. The molecule has 0 unspecified atom stereocenters. The van der Waals surface area contributed by atoms with Crippen LogP contribution in [0.1, 0.15) is 21.6 Å². The summed E-state index contributed by atoms with van der Waals surface area (Å²) in [5, 5.41) is 2.52. The van der Waals surface area contributed by atoms with Crippen molar-refractivity contribution in [1.29, 1.82) is 0 Å². The molecule has 1 aromatic carbocycles. The van der Waals surface area contributed by atoms with E-state index in [0.29, 0.717) is 42.8 Å². The summed E-state index contributed by atoms with van der Waals surface area (Å²) in [6, 6.07) is 5.51. The highest BCUT2D eigenvalue weighted by Crippen LogP contribution is 2.28. The minimum absolute atomic E-state index is 0.0161. The molecule has 2 N–H and O–H groups in total. The highest BCUT2D eigenvalue weighted by atomic mass is 19.3. The number of benzene rings is 1. The number of fused-ring (bicyclic) bond motifs is 1. The number of carbonyl (C=O) groups excluding carboxylic acids is 1. The molecule has 0 radical (unpaired) electrons. The standard InChI is InChI=1S/C22H23F3N6O3/c1-12-20(32)28-15-9-13(17(34-22(24)25)10-16(15)27-12)11-30-5-7-31(8-6-30)19-14(21(33)26-2)3-4-18(23)29-19/h3-4,9-10,22H,5-8,11H2,1-2H3,(H,26,33)(H,28,32). The van der Waals surface area contributed by atoms with Crippen LogP contribution in [0, 0.1) is 12.9 Å². The van der Waals surface area contributed by atoms with Crippen LogP contribution in [0.25, 0.3) is 11.0 Å². The first-order valence-electron chi connectivity index (χ1n) is 10.6. The molecular formula is C22H23F3N6O3. The number of anilines is 1. The SMILES string of the molecule is CNC(=O)c1ccc(F)nc1N1CCN(Cc2cc3[nH]c(=O)c(C)nc3cc2OC(F)F)CC1. The molecule has 0 atom stereocenters. The van der Waals surface area contributed by atoms with E-state index in [1.54, 1.807) is 6.07 Å². The molecule has 1 fully saturated rings. The fourth-order valence-corrected chi connectivity index (χ4v) is 3.92. The van der Waals surface area contributed by atoms with Crippen molar-refractivity contribution in [3.8, 4) is 5.75 Å². The number of alkyl halides is 2. The van der Waals surface area contributed by atoms with Crippen LogP contribution >= 0.6 is 0 Å². The van der Waals surface area contributed by atoms with E-state index in [2.05, 4.69) is 20.3 Å². The molecule has 0 bridgehead atoms. The van der Waals surface area contributed by atoms with Gasteiger partial charge in [-0.15, -0.1) is 0 Å². The number of piperazine rings is 1. The number of nitrogens with zero attached hydrogens (tertiary/aromatic N) is 4. The van der Waals surface area contributed by atoms with Gasteiger partial charge in [-0.1, -0.05) is 0 Å². The van der Waals surface area contributed by atoms with Crippen molar-refractivity contribution < 1.29 is 22.7 Å². The minimum Gasteiger partial charge on any atom is -0.434 e. The number of pyridine rings is 1. The van der Waals surface area contributed by atoms with E-state index < -0.39 is 12.6 Å². The van der Waals surface area contributed by atoms with Crippen molar-refractivity contribution in [2.75, 3.05) is 38.1 Å². The van der Waals surface area contributed by atoms with Gasteiger partial charge in [-0.25, -0.2) is 9.97 Å². The van der Waals surface area contributed by atoms with Gasteiger partial charge in [0.15, 0.2) is 0 Å². The molecular weight excluding hydrogens is 453 g/mol. The Balaban J connectivity index is 1.55. The number of aromatic amines is 1. The Kier molecular flexibility index (Phi) is 6.68. The Bertz CT molecular complexity index is 1270. The van der Waals surface area contributed by atoms with Crippen LogP contribution in [0.2, 0.25) is 0 Å². The third kappa shape index (κ3) is 4.96. The van der Waals surface area contributed by atoms with Gasteiger partial charge in [-0.2, -0.15) is 13.2 Å². The Morgan fingerprint density at radius 1 is 1.21 bits per heavy atom. The number of hydrogen-bond donors (Lipinski definition) is 2. The molecule has 1 amide bonds. The van der Waals surface area contributed by atoms with Crippen molar-refractivity contribution >= 4 is 22.8 Å². The maximum atomic E-state index is 13.8. The number of halogens is 3. The number of H-pyrrole nitrogens is 1. The van der Waals surface area contributed by atoms with Gasteiger partial charge in [0.05, 0.1) is 16.6 Å².